The third-order valence-electron chi connectivity index (χ3n) is 0.566. The van der Waals surface area contributed by atoms with Gasteiger partial charge in [0, 0.05) is 6.72 Å². The van der Waals surface area contributed by atoms with Crippen LogP contribution in [0.2, 0.25) is 0 Å². The molecule has 0 saturated heterocycles. The molecule has 0 unspecified atom stereocenters. The molecule has 3 heteroatoms. The van der Waals surface area contributed by atoms with Crippen molar-refractivity contribution in [3.8, 4) is 0 Å². The maximum atomic E-state index is 3.41. The van der Waals surface area contributed by atoms with Gasteiger partial charge in [-0.15, -0.1) is 0 Å². The molecule has 0 amide bonds. The van der Waals surface area contributed by atoms with Crippen molar-refractivity contribution in [3.05, 3.63) is 0 Å². The summed E-state index contributed by atoms with van der Waals surface area (Å²) in [7, 11) is 0. The molecule has 0 saturated carbocycles. The first kappa shape index (κ1) is 6.43. The van der Waals surface area contributed by atoms with Gasteiger partial charge in [-0.25, -0.2) is 0 Å². The van der Waals surface area contributed by atoms with Crippen LogP contribution >= 0.6 is 0 Å². The van der Waals surface area contributed by atoms with Crippen molar-refractivity contribution < 1.29 is 0 Å². The monoisotopic (exact) mass is 101 g/mol. The summed E-state index contributed by atoms with van der Waals surface area (Å²) >= 11 is 0. The molecule has 0 aliphatic carbocycles. The van der Waals surface area contributed by atoms with E-state index >= 15 is 0 Å². The topological polar surface area (TPSA) is 36.4 Å². The molecule has 0 heterocycles. The summed E-state index contributed by atoms with van der Waals surface area (Å²) in [5.41, 5.74) is 2.65. The standard InChI is InChI=1S/C4H11N3/c1-3-6-4-7-5-2/h6-7H,2-4H2,1H3. The zero-order valence-electron chi connectivity index (χ0n) is 4.57. The molecule has 0 aromatic heterocycles. The molecule has 0 aliphatic rings. The van der Waals surface area contributed by atoms with Crippen LogP contribution < -0.4 is 10.7 Å². The average Bonchev–Trinajstić information content (AvgIpc) is 1.69. The average molecular weight is 101 g/mol. The second-order valence-corrected chi connectivity index (χ2v) is 1.10. The third-order valence-corrected chi connectivity index (χ3v) is 0.566. The Morgan fingerprint density at radius 3 is 2.86 bits per heavy atom. The van der Waals surface area contributed by atoms with Crippen molar-refractivity contribution in [2.45, 2.75) is 6.92 Å². The van der Waals surface area contributed by atoms with Gasteiger partial charge in [0.1, 0.15) is 0 Å². The molecular weight excluding hydrogens is 90.1 g/mol. The van der Waals surface area contributed by atoms with E-state index in [0.717, 1.165) is 6.54 Å². The van der Waals surface area contributed by atoms with E-state index in [1.165, 1.54) is 0 Å². The molecule has 0 aliphatic heterocycles. The smallest absolute Gasteiger partial charge is 0.0823 e. The molecule has 3 nitrogen and oxygen atoms in total. The summed E-state index contributed by atoms with van der Waals surface area (Å²) in [6.45, 7) is 6.93. The van der Waals surface area contributed by atoms with E-state index in [-0.39, 0.29) is 0 Å². The minimum absolute atomic E-state index is 0.708. The van der Waals surface area contributed by atoms with Gasteiger partial charge in [-0.3, -0.25) is 10.7 Å². The van der Waals surface area contributed by atoms with Crippen molar-refractivity contribution in [2.75, 3.05) is 13.2 Å². The number of hydrogen-bond donors (Lipinski definition) is 2. The first-order chi connectivity index (χ1) is 3.41. The van der Waals surface area contributed by atoms with Crippen LogP contribution in [0.25, 0.3) is 0 Å². The summed E-state index contributed by atoms with van der Waals surface area (Å²) in [6.07, 6.45) is 0. The van der Waals surface area contributed by atoms with Gasteiger partial charge in [0.05, 0.1) is 6.67 Å². The van der Waals surface area contributed by atoms with E-state index in [4.69, 9.17) is 0 Å². The molecule has 0 spiro atoms. The lowest BCUT2D eigenvalue weighted by Crippen LogP contribution is -2.24. The number of hydrogen-bond acceptors (Lipinski definition) is 3. The second kappa shape index (κ2) is 5.43. The van der Waals surface area contributed by atoms with E-state index < -0.39 is 0 Å². The Balaban J connectivity index is 2.56. The molecule has 42 valence electrons. The number of rotatable bonds is 4. The summed E-state index contributed by atoms with van der Waals surface area (Å²) in [5, 5.41) is 6.42. The zero-order chi connectivity index (χ0) is 5.54. The van der Waals surface area contributed by atoms with Crippen LogP contribution in [0.5, 0.6) is 0 Å². The van der Waals surface area contributed by atoms with Gasteiger partial charge in [0.25, 0.3) is 0 Å². The van der Waals surface area contributed by atoms with Crippen LogP contribution in [-0.4, -0.2) is 19.9 Å². The van der Waals surface area contributed by atoms with Crippen LogP contribution in [0.1, 0.15) is 6.92 Å². The van der Waals surface area contributed by atoms with Crippen molar-refractivity contribution in [1.29, 1.82) is 0 Å². The first-order valence-electron chi connectivity index (χ1n) is 2.31. The van der Waals surface area contributed by atoms with Gasteiger partial charge in [-0.2, -0.15) is 5.10 Å². The lowest BCUT2D eigenvalue weighted by Gasteiger charge is -1.96. The van der Waals surface area contributed by atoms with Gasteiger partial charge in [0.15, 0.2) is 0 Å². The molecule has 0 aromatic rings. The van der Waals surface area contributed by atoms with Crippen molar-refractivity contribution in [2.24, 2.45) is 5.10 Å². The van der Waals surface area contributed by atoms with E-state index in [1.54, 1.807) is 0 Å². The highest BCUT2D eigenvalue weighted by Gasteiger charge is 1.70. The molecular formula is C4H11N3. The number of nitrogens with one attached hydrogen (secondary N) is 2. The molecule has 0 radical (unpaired) electrons. The van der Waals surface area contributed by atoms with Crippen molar-refractivity contribution in [1.82, 2.24) is 10.7 Å². The lowest BCUT2D eigenvalue weighted by atomic mass is 10.8. The van der Waals surface area contributed by atoms with Gasteiger partial charge in [0.2, 0.25) is 0 Å². The Hall–Kier alpha value is -0.570. The Labute approximate surface area is 43.8 Å². The van der Waals surface area contributed by atoms with E-state index in [0.29, 0.717) is 6.67 Å². The Bertz CT molecular complexity index is 44.2. The van der Waals surface area contributed by atoms with Crippen LogP contribution in [0.15, 0.2) is 5.10 Å². The molecule has 0 atom stereocenters. The van der Waals surface area contributed by atoms with Gasteiger partial charge < -0.3 is 0 Å². The summed E-state index contributed by atoms with van der Waals surface area (Å²) < 4.78 is 0. The normalized spacial score (nSPS) is 8.14. The molecule has 2 N–H and O–H groups in total. The Morgan fingerprint density at radius 2 is 2.43 bits per heavy atom. The molecule has 0 fully saturated rings. The van der Waals surface area contributed by atoms with Gasteiger partial charge >= 0.3 is 0 Å². The van der Waals surface area contributed by atoms with Crippen LogP contribution in [0.4, 0.5) is 0 Å². The van der Waals surface area contributed by atoms with E-state index in [1.807, 2.05) is 6.92 Å². The van der Waals surface area contributed by atoms with E-state index in [2.05, 4.69) is 22.6 Å². The van der Waals surface area contributed by atoms with Gasteiger partial charge in [-0.1, -0.05) is 6.92 Å². The van der Waals surface area contributed by atoms with Gasteiger partial charge in [-0.05, 0) is 6.54 Å². The number of nitrogens with zero attached hydrogens (tertiary/aromatic N) is 1. The van der Waals surface area contributed by atoms with Crippen molar-refractivity contribution in [3.63, 3.8) is 0 Å². The maximum absolute atomic E-state index is 3.41. The molecule has 0 aromatic carbocycles. The highest BCUT2D eigenvalue weighted by atomic mass is 15.3. The molecule has 0 rings (SSSR count). The minimum Gasteiger partial charge on any atom is -0.299 e. The first-order valence-corrected chi connectivity index (χ1v) is 2.31. The van der Waals surface area contributed by atoms with Crippen LogP contribution in [0, 0.1) is 0 Å². The molecule has 0 bridgehead atoms. The second-order valence-electron chi connectivity index (χ2n) is 1.10. The fourth-order valence-electron chi connectivity index (χ4n) is 0.237. The predicted molar refractivity (Wildman–Crippen MR) is 31.2 cm³/mol. The van der Waals surface area contributed by atoms with Crippen molar-refractivity contribution >= 4 is 6.72 Å². The SMILES string of the molecule is C=NNCNCC. The fraction of sp³-hybridized carbons (Fsp3) is 0.750. The summed E-state index contributed by atoms with van der Waals surface area (Å²) in [5.74, 6) is 0. The Kier molecular flexibility index (Phi) is 4.99. The number of hydrazone groups is 1. The maximum Gasteiger partial charge on any atom is 0.0823 e. The fourth-order valence-corrected chi connectivity index (χ4v) is 0.237. The highest BCUT2D eigenvalue weighted by Crippen LogP contribution is 1.49. The third kappa shape index (κ3) is 5.43. The van der Waals surface area contributed by atoms with Crippen LogP contribution in [-0.2, 0) is 0 Å². The Morgan fingerprint density at radius 1 is 1.71 bits per heavy atom. The minimum atomic E-state index is 0.708. The zero-order valence-corrected chi connectivity index (χ0v) is 4.57. The molecule has 7 heavy (non-hydrogen) atoms. The summed E-state index contributed by atoms with van der Waals surface area (Å²) in [4.78, 5) is 0. The summed E-state index contributed by atoms with van der Waals surface area (Å²) in [6, 6.07) is 0. The highest BCUT2D eigenvalue weighted by molar-refractivity contribution is 5.22. The quantitative estimate of drug-likeness (QED) is 0.222. The lowest BCUT2D eigenvalue weighted by molar-refractivity contribution is 0.625. The largest absolute Gasteiger partial charge is 0.299 e. The predicted octanol–water partition coefficient (Wildman–Crippen LogP) is -0.241. The van der Waals surface area contributed by atoms with E-state index in [9.17, 15) is 0 Å². The van der Waals surface area contributed by atoms with Crippen LogP contribution in [0.3, 0.4) is 0 Å².